The summed E-state index contributed by atoms with van der Waals surface area (Å²) in [4.78, 5) is 3.92. The maximum absolute atomic E-state index is 13.1. The van der Waals surface area contributed by atoms with Crippen molar-refractivity contribution in [2.24, 2.45) is 0 Å². The molecule has 0 bridgehead atoms. The molecule has 2 aromatic heterocycles. The number of alkyl halides is 3. The first kappa shape index (κ1) is 16.2. The number of benzene rings is 1. The number of hydrogen-bond acceptors (Lipinski definition) is 4. The van der Waals surface area contributed by atoms with Crippen LogP contribution < -0.4 is 5.43 Å². The SMILES string of the molecule is FC(F)(F)c1ccccc1CNn1c(-c2ccncc2)n[nH]c1=S. The Balaban J connectivity index is 1.90. The number of nitrogens with zero attached hydrogens (tertiary/aromatic N) is 3. The van der Waals surface area contributed by atoms with Crippen LogP contribution in [-0.2, 0) is 12.7 Å². The first-order valence-corrected chi connectivity index (χ1v) is 7.34. The van der Waals surface area contributed by atoms with E-state index in [4.69, 9.17) is 12.2 Å². The van der Waals surface area contributed by atoms with Gasteiger partial charge in [0, 0.05) is 18.0 Å². The number of rotatable bonds is 4. The van der Waals surface area contributed by atoms with Gasteiger partial charge in [-0.25, -0.2) is 9.77 Å². The lowest BCUT2D eigenvalue weighted by Crippen LogP contribution is -2.19. The van der Waals surface area contributed by atoms with Gasteiger partial charge in [0.2, 0.25) is 4.77 Å². The quantitative estimate of drug-likeness (QED) is 0.703. The lowest BCUT2D eigenvalue weighted by atomic mass is 10.1. The zero-order valence-electron chi connectivity index (χ0n) is 12.2. The van der Waals surface area contributed by atoms with Crippen LogP contribution in [0.3, 0.4) is 0 Å². The minimum absolute atomic E-state index is 0.0540. The molecule has 5 nitrogen and oxygen atoms in total. The number of hydrogen-bond donors (Lipinski definition) is 2. The third kappa shape index (κ3) is 3.30. The molecule has 3 aromatic rings. The Kier molecular flexibility index (Phi) is 4.34. The van der Waals surface area contributed by atoms with E-state index in [0.717, 1.165) is 11.6 Å². The van der Waals surface area contributed by atoms with Crippen LogP contribution in [0.4, 0.5) is 13.2 Å². The van der Waals surface area contributed by atoms with Crippen molar-refractivity contribution >= 4 is 12.2 Å². The smallest absolute Gasteiger partial charge is 0.317 e. The number of nitrogens with one attached hydrogen (secondary N) is 2. The lowest BCUT2D eigenvalue weighted by molar-refractivity contribution is -0.138. The zero-order chi connectivity index (χ0) is 17.2. The van der Waals surface area contributed by atoms with Crippen LogP contribution in [0.5, 0.6) is 0 Å². The van der Waals surface area contributed by atoms with Gasteiger partial charge in [-0.15, -0.1) is 0 Å². The van der Waals surface area contributed by atoms with Crippen molar-refractivity contribution in [3.05, 3.63) is 64.7 Å². The Hall–Kier alpha value is -2.68. The number of halogens is 3. The molecular weight excluding hydrogens is 339 g/mol. The molecule has 9 heteroatoms. The predicted octanol–water partition coefficient (Wildman–Crippen LogP) is 3.77. The third-order valence-electron chi connectivity index (χ3n) is 3.36. The first-order valence-electron chi connectivity index (χ1n) is 6.93. The monoisotopic (exact) mass is 351 g/mol. The van der Waals surface area contributed by atoms with E-state index in [1.807, 2.05) is 0 Å². The number of pyridine rings is 1. The van der Waals surface area contributed by atoms with Crippen LogP contribution in [0.25, 0.3) is 11.4 Å². The number of H-pyrrole nitrogens is 1. The minimum Gasteiger partial charge on any atom is -0.317 e. The minimum atomic E-state index is -4.41. The van der Waals surface area contributed by atoms with E-state index >= 15 is 0 Å². The summed E-state index contributed by atoms with van der Waals surface area (Å²) in [5.41, 5.74) is 3.05. The van der Waals surface area contributed by atoms with E-state index in [-0.39, 0.29) is 16.9 Å². The number of aromatic nitrogens is 4. The Labute approximate surface area is 140 Å². The van der Waals surface area contributed by atoms with Crippen LogP contribution >= 0.6 is 12.2 Å². The summed E-state index contributed by atoms with van der Waals surface area (Å²) in [5.74, 6) is 0.465. The van der Waals surface area contributed by atoms with Crippen molar-refractivity contribution in [1.29, 1.82) is 0 Å². The van der Waals surface area contributed by atoms with E-state index in [0.29, 0.717) is 5.82 Å². The molecule has 1 aromatic carbocycles. The fourth-order valence-electron chi connectivity index (χ4n) is 2.25. The summed E-state index contributed by atoms with van der Waals surface area (Å²) < 4.78 is 40.9. The highest BCUT2D eigenvalue weighted by Gasteiger charge is 2.32. The second-order valence-corrected chi connectivity index (χ2v) is 5.30. The van der Waals surface area contributed by atoms with Crippen molar-refractivity contribution < 1.29 is 13.2 Å². The van der Waals surface area contributed by atoms with Gasteiger partial charge in [-0.1, -0.05) is 18.2 Å². The summed E-state index contributed by atoms with van der Waals surface area (Å²) in [6.45, 7) is -0.0540. The fraction of sp³-hybridized carbons (Fsp3) is 0.133. The largest absolute Gasteiger partial charge is 0.416 e. The average molecular weight is 351 g/mol. The fourth-order valence-corrected chi connectivity index (χ4v) is 2.45. The Bertz CT molecular complexity index is 886. The summed E-state index contributed by atoms with van der Waals surface area (Å²) >= 11 is 5.14. The molecule has 3 rings (SSSR count). The highest BCUT2D eigenvalue weighted by atomic mass is 32.1. The van der Waals surface area contributed by atoms with E-state index < -0.39 is 11.7 Å². The maximum Gasteiger partial charge on any atom is 0.416 e. The van der Waals surface area contributed by atoms with Gasteiger partial charge in [-0.3, -0.25) is 4.98 Å². The Morgan fingerprint density at radius 1 is 1.12 bits per heavy atom. The molecule has 0 aliphatic carbocycles. The van der Waals surface area contributed by atoms with Crippen molar-refractivity contribution in [3.8, 4) is 11.4 Å². The van der Waals surface area contributed by atoms with Crippen LogP contribution in [0.2, 0.25) is 0 Å². The maximum atomic E-state index is 13.1. The molecule has 0 unspecified atom stereocenters. The van der Waals surface area contributed by atoms with E-state index in [9.17, 15) is 13.2 Å². The molecular formula is C15H12F3N5S. The topological polar surface area (TPSA) is 58.5 Å². The standard InChI is InChI=1S/C15H12F3N5S/c16-15(17,18)12-4-2-1-3-11(12)9-20-23-13(21-22-14(23)24)10-5-7-19-8-6-10/h1-8,20H,9H2,(H,22,24). The molecule has 0 spiro atoms. The highest BCUT2D eigenvalue weighted by Crippen LogP contribution is 2.31. The summed E-state index contributed by atoms with van der Waals surface area (Å²) in [6.07, 6.45) is -1.23. The van der Waals surface area contributed by atoms with Crippen LogP contribution in [0, 0.1) is 4.77 Å². The van der Waals surface area contributed by atoms with Gasteiger partial charge in [0.15, 0.2) is 5.82 Å². The second-order valence-electron chi connectivity index (χ2n) is 4.91. The van der Waals surface area contributed by atoms with Crippen molar-refractivity contribution in [1.82, 2.24) is 19.9 Å². The van der Waals surface area contributed by atoms with Gasteiger partial charge >= 0.3 is 6.18 Å². The van der Waals surface area contributed by atoms with E-state index in [2.05, 4.69) is 20.6 Å². The molecule has 2 N–H and O–H groups in total. The summed E-state index contributed by atoms with van der Waals surface area (Å²) in [5, 5.41) is 6.73. The number of aromatic amines is 1. The van der Waals surface area contributed by atoms with Gasteiger partial charge in [-0.2, -0.15) is 18.3 Å². The van der Waals surface area contributed by atoms with Crippen molar-refractivity contribution in [2.75, 3.05) is 5.43 Å². The molecule has 0 fully saturated rings. The summed E-state index contributed by atoms with van der Waals surface area (Å²) in [6, 6.07) is 8.85. The lowest BCUT2D eigenvalue weighted by Gasteiger charge is -2.15. The molecule has 24 heavy (non-hydrogen) atoms. The second kappa shape index (κ2) is 6.44. The zero-order valence-corrected chi connectivity index (χ0v) is 13.0. The molecule has 124 valence electrons. The molecule has 0 radical (unpaired) electrons. The van der Waals surface area contributed by atoms with E-state index in [1.54, 1.807) is 30.6 Å². The van der Waals surface area contributed by atoms with E-state index in [1.165, 1.54) is 16.8 Å². The summed E-state index contributed by atoms with van der Waals surface area (Å²) in [7, 11) is 0. The predicted molar refractivity (Wildman–Crippen MR) is 85.2 cm³/mol. The highest BCUT2D eigenvalue weighted by molar-refractivity contribution is 7.71. The average Bonchev–Trinajstić information content (AvgIpc) is 2.94. The molecule has 0 atom stereocenters. The molecule has 0 aliphatic rings. The van der Waals surface area contributed by atoms with Gasteiger partial charge in [0.25, 0.3) is 0 Å². The van der Waals surface area contributed by atoms with Crippen LogP contribution in [0.15, 0.2) is 48.8 Å². The third-order valence-corrected chi connectivity index (χ3v) is 3.64. The van der Waals surface area contributed by atoms with Gasteiger partial charge in [0.05, 0.1) is 12.1 Å². The van der Waals surface area contributed by atoms with Gasteiger partial charge < -0.3 is 5.43 Å². The molecule has 0 saturated carbocycles. The molecule has 0 aliphatic heterocycles. The van der Waals surface area contributed by atoms with Gasteiger partial charge in [0.1, 0.15) is 0 Å². The van der Waals surface area contributed by atoms with Crippen LogP contribution in [-0.4, -0.2) is 19.9 Å². The first-order chi connectivity index (χ1) is 11.5. The van der Waals surface area contributed by atoms with Crippen molar-refractivity contribution in [2.45, 2.75) is 12.7 Å². The van der Waals surface area contributed by atoms with Crippen LogP contribution in [0.1, 0.15) is 11.1 Å². The molecule has 2 heterocycles. The Morgan fingerprint density at radius 3 is 2.54 bits per heavy atom. The normalized spacial score (nSPS) is 11.5. The van der Waals surface area contributed by atoms with Crippen molar-refractivity contribution in [3.63, 3.8) is 0 Å². The Morgan fingerprint density at radius 2 is 1.83 bits per heavy atom. The molecule has 0 saturated heterocycles. The molecule has 0 amide bonds. The van der Waals surface area contributed by atoms with Gasteiger partial charge in [-0.05, 0) is 36.0 Å².